The highest BCUT2D eigenvalue weighted by atomic mass is 19.1. The molecule has 1 aromatic carbocycles. The fraction of sp³-hybridized carbons (Fsp3) is 0.286. The van der Waals surface area contributed by atoms with Crippen LogP contribution in [-0.2, 0) is 4.74 Å². The molecule has 150 valence electrons. The van der Waals surface area contributed by atoms with Crippen LogP contribution in [-0.4, -0.2) is 47.0 Å². The zero-order chi connectivity index (χ0) is 20.4. The molecule has 1 saturated heterocycles. The SMILES string of the molecule is Cc1cc(C)n(-c2ccc(NC(=O)c3cc(N4CCOCC4)ccn3)cc2F)n1. The number of halogens is 1. The minimum Gasteiger partial charge on any atom is -0.378 e. The molecule has 3 aromatic rings. The van der Waals surface area contributed by atoms with Crippen molar-refractivity contribution in [3.05, 3.63) is 65.5 Å². The van der Waals surface area contributed by atoms with E-state index in [1.807, 2.05) is 26.0 Å². The van der Waals surface area contributed by atoms with Gasteiger partial charge in [0, 0.05) is 36.4 Å². The molecule has 0 saturated carbocycles. The molecule has 0 aliphatic carbocycles. The largest absolute Gasteiger partial charge is 0.378 e. The van der Waals surface area contributed by atoms with Crippen molar-refractivity contribution in [1.29, 1.82) is 0 Å². The summed E-state index contributed by atoms with van der Waals surface area (Å²) in [7, 11) is 0. The Hall–Kier alpha value is -3.26. The first kappa shape index (κ1) is 19.1. The molecule has 0 radical (unpaired) electrons. The van der Waals surface area contributed by atoms with Crippen molar-refractivity contribution in [3.63, 3.8) is 0 Å². The van der Waals surface area contributed by atoms with Crippen LogP contribution in [0, 0.1) is 19.7 Å². The number of anilines is 2. The summed E-state index contributed by atoms with van der Waals surface area (Å²) >= 11 is 0. The lowest BCUT2D eigenvalue weighted by Gasteiger charge is -2.28. The van der Waals surface area contributed by atoms with Gasteiger partial charge in [-0.1, -0.05) is 0 Å². The molecule has 0 bridgehead atoms. The number of hydrogen-bond acceptors (Lipinski definition) is 5. The average molecular weight is 395 g/mol. The van der Waals surface area contributed by atoms with Crippen molar-refractivity contribution in [2.45, 2.75) is 13.8 Å². The van der Waals surface area contributed by atoms with Gasteiger partial charge in [0.2, 0.25) is 0 Å². The number of pyridine rings is 1. The van der Waals surface area contributed by atoms with Crippen LogP contribution in [0.15, 0.2) is 42.6 Å². The van der Waals surface area contributed by atoms with Gasteiger partial charge >= 0.3 is 0 Å². The number of aromatic nitrogens is 3. The molecular formula is C21H22FN5O2. The lowest BCUT2D eigenvalue weighted by atomic mass is 10.2. The smallest absolute Gasteiger partial charge is 0.274 e. The Morgan fingerprint density at radius 3 is 2.62 bits per heavy atom. The molecule has 1 amide bonds. The van der Waals surface area contributed by atoms with Gasteiger partial charge in [-0.2, -0.15) is 5.10 Å². The summed E-state index contributed by atoms with van der Waals surface area (Å²) in [6.07, 6.45) is 1.60. The minimum absolute atomic E-state index is 0.275. The second-order valence-electron chi connectivity index (χ2n) is 6.96. The number of hydrogen-bond donors (Lipinski definition) is 1. The van der Waals surface area contributed by atoms with Crippen LogP contribution in [0.2, 0.25) is 0 Å². The Morgan fingerprint density at radius 2 is 1.93 bits per heavy atom. The van der Waals surface area contributed by atoms with E-state index in [0.717, 1.165) is 30.2 Å². The number of carbonyl (C=O) groups is 1. The van der Waals surface area contributed by atoms with Crippen LogP contribution >= 0.6 is 0 Å². The number of rotatable bonds is 4. The maximum atomic E-state index is 14.6. The monoisotopic (exact) mass is 395 g/mol. The number of ether oxygens (including phenoxy) is 1. The lowest BCUT2D eigenvalue weighted by molar-refractivity contribution is 0.102. The standard InChI is InChI=1S/C21H22FN5O2/c1-14-11-15(2)27(25-14)20-4-3-16(12-18(20)22)24-21(28)19-13-17(5-6-23-19)26-7-9-29-10-8-26/h3-6,11-13H,7-10H2,1-2H3,(H,24,28). The molecule has 2 aromatic heterocycles. The van der Waals surface area contributed by atoms with Crippen molar-refractivity contribution in [2.24, 2.45) is 0 Å². The number of amides is 1. The molecule has 1 aliphatic heterocycles. The summed E-state index contributed by atoms with van der Waals surface area (Å²) in [6, 6.07) is 10.0. The van der Waals surface area contributed by atoms with Gasteiger partial charge in [-0.3, -0.25) is 9.78 Å². The van der Waals surface area contributed by atoms with Crippen molar-refractivity contribution in [2.75, 3.05) is 36.5 Å². The van der Waals surface area contributed by atoms with Gasteiger partial charge in [-0.15, -0.1) is 0 Å². The van der Waals surface area contributed by atoms with E-state index in [2.05, 4.69) is 20.3 Å². The van der Waals surface area contributed by atoms with E-state index in [0.29, 0.717) is 24.6 Å². The van der Waals surface area contributed by atoms with Crippen molar-refractivity contribution < 1.29 is 13.9 Å². The third-order valence-electron chi connectivity index (χ3n) is 4.80. The van der Waals surface area contributed by atoms with Crippen LogP contribution in [0.25, 0.3) is 5.69 Å². The van der Waals surface area contributed by atoms with Crippen LogP contribution < -0.4 is 10.2 Å². The van der Waals surface area contributed by atoms with E-state index in [1.165, 1.54) is 6.07 Å². The van der Waals surface area contributed by atoms with Gasteiger partial charge in [-0.05, 0) is 50.2 Å². The predicted octanol–water partition coefficient (Wildman–Crippen LogP) is 3.11. The summed E-state index contributed by atoms with van der Waals surface area (Å²) in [5.41, 5.74) is 3.53. The topological polar surface area (TPSA) is 72.3 Å². The first-order valence-corrected chi connectivity index (χ1v) is 9.44. The lowest BCUT2D eigenvalue weighted by Crippen LogP contribution is -2.36. The summed E-state index contributed by atoms with van der Waals surface area (Å²) in [5.74, 6) is -0.859. The molecule has 7 nitrogen and oxygen atoms in total. The molecule has 29 heavy (non-hydrogen) atoms. The van der Waals surface area contributed by atoms with Gasteiger partial charge in [-0.25, -0.2) is 9.07 Å². The second-order valence-corrected chi connectivity index (χ2v) is 6.96. The Labute approximate surface area is 168 Å². The van der Waals surface area contributed by atoms with Crippen molar-refractivity contribution >= 4 is 17.3 Å². The zero-order valence-corrected chi connectivity index (χ0v) is 16.4. The molecule has 3 heterocycles. The Bertz CT molecular complexity index is 1040. The summed E-state index contributed by atoms with van der Waals surface area (Å²) in [5, 5.41) is 7.01. The number of nitrogens with zero attached hydrogens (tertiary/aromatic N) is 4. The highest BCUT2D eigenvalue weighted by molar-refractivity contribution is 6.03. The van der Waals surface area contributed by atoms with Crippen LogP contribution in [0.1, 0.15) is 21.9 Å². The van der Waals surface area contributed by atoms with Crippen LogP contribution in [0.3, 0.4) is 0 Å². The first-order valence-electron chi connectivity index (χ1n) is 9.44. The van der Waals surface area contributed by atoms with E-state index in [1.54, 1.807) is 29.1 Å². The highest BCUT2D eigenvalue weighted by Crippen LogP contribution is 2.21. The molecule has 1 fully saturated rings. The molecule has 1 aliphatic rings. The van der Waals surface area contributed by atoms with Crippen LogP contribution in [0.4, 0.5) is 15.8 Å². The Balaban J connectivity index is 1.51. The van der Waals surface area contributed by atoms with E-state index in [-0.39, 0.29) is 5.69 Å². The van der Waals surface area contributed by atoms with E-state index in [9.17, 15) is 9.18 Å². The fourth-order valence-electron chi connectivity index (χ4n) is 3.39. The molecule has 4 rings (SSSR count). The maximum absolute atomic E-state index is 14.6. The summed E-state index contributed by atoms with van der Waals surface area (Å²) in [4.78, 5) is 18.9. The van der Waals surface area contributed by atoms with Crippen molar-refractivity contribution in [1.82, 2.24) is 14.8 Å². The number of aryl methyl sites for hydroxylation is 2. The van der Waals surface area contributed by atoms with Gasteiger partial charge in [0.1, 0.15) is 11.4 Å². The third-order valence-corrected chi connectivity index (χ3v) is 4.80. The fourth-order valence-corrected chi connectivity index (χ4v) is 3.39. The molecular weight excluding hydrogens is 373 g/mol. The van der Waals surface area contributed by atoms with E-state index >= 15 is 0 Å². The predicted molar refractivity (Wildman–Crippen MR) is 108 cm³/mol. The van der Waals surface area contributed by atoms with Crippen LogP contribution in [0.5, 0.6) is 0 Å². The molecule has 0 atom stereocenters. The third kappa shape index (κ3) is 4.12. The Morgan fingerprint density at radius 1 is 1.14 bits per heavy atom. The quantitative estimate of drug-likeness (QED) is 0.735. The number of nitrogens with one attached hydrogen (secondary N) is 1. The Kier molecular flexibility index (Phi) is 5.26. The number of morpholine rings is 1. The average Bonchev–Trinajstić information content (AvgIpc) is 3.06. The zero-order valence-electron chi connectivity index (χ0n) is 16.4. The minimum atomic E-state index is -0.468. The van der Waals surface area contributed by atoms with E-state index in [4.69, 9.17) is 4.74 Å². The first-order chi connectivity index (χ1) is 14.0. The maximum Gasteiger partial charge on any atom is 0.274 e. The molecule has 0 spiro atoms. The number of carbonyl (C=O) groups excluding carboxylic acids is 1. The van der Waals surface area contributed by atoms with Gasteiger partial charge in [0.05, 0.1) is 18.9 Å². The second kappa shape index (κ2) is 8.00. The highest BCUT2D eigenvalue weighted by Gasteiger charge is 2.16. The van der Waals surface area contributed by atoms with E-state index < -0.39 is 11.7 Å². The summed E-state index contributed by atoms with van der Waals surface area (Å²) in [6.45, 7) is 6.57. The molecule has 1 N–H and O–H groups in total. The normalized spacial score (nSPS) is 14.1. The summed E-state index contributed by atoms with van der Waals surface area (Å²) < 4.78 is 21.5. The van der Waals surface area contributed by atoms with Gasteiger partial charge in [0.25, 0.3) is 5.91 Å². The van der Waals surface area contributed by atoms with Crippen molar-refractivity contribution in [3.8, 4) is 5.69 Å². The molecule has 8 heteroatoms. The van der Waals surface area contributed by atoms with Gasteiger partial charge in [0.15, 0.2) is 5.82 Å². The van der Waals surface area contributed by atoms with Gasteiger partial charge < -0.3 is 15.0 Å². The molecule has 0 unspecified atom stereocenters. The number of benzene rings is 1.